The van der Waals surface area contributed by atoms with E-state index in [2.05, 4.69) is 31.2 Å². The van der Waals surface area contributed by atoms with Gasteiger partial charge in [-0.1, -0.05) is 29.5 Å². The summed E-state index contributed by atoms with van der Waals surface area (Å²) >= 11 is 1.61. The molecule has 1 aromatic heterocycles. The highest BCUT2D eigenvalue weighted by atomic mass is 32.2. The van der Waals surface area contributed by atoms with Gasteiger partial charge in [-0.3, -0.25) is 0 Å². The minimum absolute atomic E-state index is 0.237. The fourth-order valence-corrected chi connectivity index (χ4v) is 2.98. The summed E-state index contributed by atoms with van der Waals surface area (Å²) in [6, 6.07) is 12.9. The van der Waals surface area contributed by atoms with Crippen LogP contribution < -0.4 is 0 Å². The molecule has 0 saturated heterocycles. The topological polar surface area (TPSA) is 13.1 Å². The Kier molecular flexibility index (Phi) is 3.07. The maximum atomic E-state index is 13.4. The second-order valence-corrected chi connectivity index (χ2v) is 5.63. The monoisotopic (exact) mass is 272 g/mol. The molecule has 1 nitrogen and oxygen atoms in total. The second kappa shape index (κ2) is 4.74. The molecule has 3 aromatic rings. The van der Waals surface area contributed by atoms with Crippen LogP contribution in [0.3, 0.4) is 0 Å². The van der Waals surface area contributed by atoms with Crippen molar-refractivity contribution in [2.24, 2.45) is 0 Å². The van der Waals surface area contributed by atoms with Crippen molar-refractivity contribution in [1.29, 1.82) is 0 Å². The van der Waals surface area contributed by atoms with Crippen molar-refractivity contribution >= 4 is 22.7 Å². The van der Waals surface area contributed by atoms with E-state index in [1.165, 1.54) is 17.7 Å². The quantitative estimate of drug-likeness (QED) is 0.624. The number of fused-ring (bicyclic) bond motifs is 1. The summed E-state index contributed by atoms with van der Waals surface area (Å²) in [5, 5.41) is 0.836. The van der Waals surface area contributed by atoms with Crippen LogP contribution in [-0.4, -0.2) is 0 Å². The third-order valence-electron chi connectivity index (χ3n) is 3.01. The van der Waals surface area contributed by atoms with Gasteiger partial charge in [0, 0.05) is 10.3 Å². The van der Waals surface area contributed by atoms with Crippen molar-refractivity contribution in [3.05, 3.63) is 59.6 Å². The van der Waals surface area contributed by atoms with Crippen LogP contribution in [0.2, 0.25) is 0 Å². The van der Waals surface area contributed by atoms with Gasteiger partial charge in [0.25, 0.3) is 0 Å². The van der Waals surface area contributed by atoms with Gasteiger partial charge in [0.2, 0.25) is 0 Å². The molecule has 0 spiro atoms. The van der Waals surface area contributed by atoms with Gasteiger partial charge in [0.1, 0.15) is 17.2 Å². The number of benzene rings is 2. The largest absolute Gasteiger partial charge is 0.460 e. The van der Waals surface area contributed by atoms with E-state index < -0.39 is 0 Å². The lowest BCUT2D eigenvalue weighted by molar-refractivity contribution is 0.567. The summed E-state index contributed by atoms with van der Waals surface area (Å²) in [5.41, 5.74) is 1.96. The van der Waals surface area contributed by atoms with Crippen LogP contribution in [0.4, 0.5) is 4.39 Å². The first-order chi connectivity index (χ1) is 9.13. The Morgan fingerprint density at radius 1 is 1.00 bits per heavy atom. The average molecular weight is 272 g/mol. The standard InChI is InChI=1S/C16H13FOS/c1-10-3-6-13(7-4-10)19-16-11(2)18-15-8-5-12(17)9-14(15)16/h3-9H,1-2H3. The highest BCUT2D eigenvalue weighted by Gasteiger charge is 2.13. The van der Waals surface area contributed by atoms with Crippen molar-refractivity contribution in [1.82, 2.24) is 0 Å². The van der Waals surface area contributed by atoms with E-state index in [0.29, 0.717) is 0 Å². The summed E-state index contributed by atoms with van der Waals surface area (Å²) in [6.07, 6.45) is 0. The molecule has 0 aliphatic heterocycles. The van der Waals surface area contributed by atoms with Gasteiger partial charge in [-0.2, -0.15) is 0 Å². The molecule has 0 radical (unpaired) electrons. The predicted molar refractivity (Wildman–Crippen MR) is 76.2 cm³/mol. The zero-order valence-electron chi connectivity index (χ0n) is 10.7. The van der Waals surface area contributed by atoms with Crippen LogP contribution in [-0.2, 0) is 0 Å². The van der Waals surface area contributed by atoms with Crippen molar-refractivity contribution in [2.45, 2.75) is 23.6 Å². The normalized spacial score (nSPS) is 11.1. The van der Waals surface area contributed by atoms with Crippen LogP contribution in [0.15, 0.2) is 56.7 Å². The SMILES string of the molecule is Cc1ccc(Sc2c(C)oc3ccc(F)cc23)cc1. The zero-order valence-corrected chi connectivity index (χ0v) is 11.6. The third kappa shape index (κ3) is 2.38. The van der Waals surface area contributed by atoms with Gasteiger partial charge in [0.05, 0.1) is 4.90 Å². The van der Waals surface area contributed by atoms with Crippen LogP contribution in [0.1, 0.15) is 11.3 Å². The summed E-state index contributed by atoms with van der Waals surface area (Å²) in [7, 11) is 0. The molecule has 19 heavy (non-hydrogen) atoms. The Bertz CT molecular complexity index is 728. The molecule has 96 valence electrons. The molecule has 0 bridgehead atoms. The molecular weight excluding hydrogens is 259 g/mol. The highest BCUT2D eigenvalue weighted by Crippen LogP contribution is 2.38. The smallest absolute Gasteiger partial charge is 0.135 e. The van der Waals surface area contributed by atoms with Crippen molar-refractivity contribution in [3.63, 3.8) is 0 Å². The molecule has 0 fully saturated rings. The van der Waals surface area contributed by atoms with E-state index in [-0.39, 0.29) is 5.82 Å². The Labute approximate surface area is 115 Å². The number of aryl methyl sites for hydroxylation is 2. The first-order valence-corrected chi connectivity index (χ1v) is 6.88. The fraction of sp³-hybridized carbons (Fsp3) is 0.125. The Hall–Kier alpha value is -1.74. The highest BCUT2D eigenvalue weighted by molar-refractivity contribution is 7.99. The molecular formula is C16H13FOS. The van der Waals surface area contributed by atoms with Gasteiger partial charge in [-0.25, -0.2) is 4.39 Å². The fourth-order valence-electron chi connectivity index (χ4n) is 2.02. The molecule has 0 N–H and O–H groups in total. The average Bonchev–Trinajstić information content (AvgIpc) is 2.69. The van der Waals surface area contributed by atoms with Crippen molar-refractivity contribution in [2.75, 3.05) is 0 Å². The number of hydrogen-bond donors (Lipinski definition) is 0. The van der Waals surface area contributed by atoms with E-state index in [4.69, 9.17) is 4.42 Å². The molecule has 0 atom stereocenters. The number of furan rings is 1. The number of hydrogen-bond acceptors (Lipinski definition) is 2. The Morgan fingerprint density at radius 2 is 1.74 bits per heavy atom. The van der Waals surface area contributed by atoms with Gasteiger partial charge in [-0.15, -0.1) is 0 Å². The zero-order chi connectivity index (χ0) is 13.4. The van der Waals surface area contributed by atoms with Crippen molar-refractivity contribution < 1.29 is 8.81 Å². The third-order valence-corrected chi connectivity index (χ3v) is 4.23. The lowest BCUT2D eigenvalue weighted by atomic mass is 10.2. The van der Waals surface area contributed by atoms with Crippen LogP contribution >= 0.6 is 11.8 Å². The molecule has 3 rings (SSSR count). The summed E-state index contributed by atoms with van der Waals surface area (Å²) < 4.78 is 19.0. The predicted octanol–water partition coefficient (Wildman–Crippen LogP) is 5.34. The maximum absolute atomic E-state index is 13.4. The lowest BCUT2D eigenvalue weighted by Gasteiger charge is -2.01. The maximum Gasteiger partial charge on any atom is 0.135 e. The molecule has 0 aliphatic carbocycles. The molecule has 3 heteroatoms. The molecule has 0 saturated carbocycles. The summed E-state index contributed by atoms with van der Waals surface area (Å²) in [4.78, 5) is 2.11. The van der Waals surface area contributed by atoms with Crippen LogP contribution in [0, 0.1) is 19.7 Å². The van der Waals surface area contributed by atoms with Crippen LogP contribution in [0.25, 0.3) is 11.0 Å². The van der Waals surface area contributed by atoms with Crippen LogP contribution in [0.5, 0.6) is 0 Å². The first kappa shape index (κ1) is 12.3. The Morgan fingerprint density at radius 3 is 2.47 bits per heavy atom. The van der Waals surface area contributed by atoms with Gasteiger partial charge in [-0.05, 0) is 44.2 Å². The number of halogens is 1. The minimum Gasteiger partial charge on any atom is -0.460 e. The minimum atomic E-state index is -0.237. The summed E-state index contributed by atoms with van der Waals surface area (Å²) in [6.45, 7) is 3.97. The lowest BCUT2D eigenvalue weighted by Crippen LogP contribution is -1.77. The van der Waals surface area contributed by atoms with E-state index in [0.717, 1.165) is 26.5 Å². The van der Waals surface area contributed by atoms with Crippen molar-refractivity contribution in [3.8, 4) is 0 Å². The van der Waals surface area contributed by atoms with E-state index in [1.54, 1.807) is 17.8 Å². The van der Waals surface area contributed by atoms with Gasteiger partial charge in [0.15, 0.2) is 0 Å². The molecule has 0 amide bonds. The summed E-state index contributed by atoms with van der Waals surface area (Å²) in [5.74, 6) is 0.588. The molecule has 2 aromatic carbocycles. The first-order valence-electron chi connectivity index (χ1n) is 6.06. The second-order valence-electron chi connectivity index (χ2n) is 4.54. The van der Waals surface area contributed by atoms with Gasteiger partial charge >= 0.3 is 0 Å². The molecule has 0 aliphatic rings. The van der Waals surface area contributed by atoms with E-state index in [1.807, 2.05) is 6.92 Å². The molecule has 1 heterocycles. The van der Waals surface area contributed by atoms with E-state index >= 15 is 0 Å². The Balaban J connectivity index is 2.06. The van der Waals surface area contributed by atoms with E-state index in [9.17, 15) is 4.39 Å². The molecule has 0 unspecified atom stereocenters. The van der Waals surface area contributed by atoms with Gasteiger partial charge < -0.3 is 4.42 Å². The number of rotatable bonds is 2.